The lowest BCUT2D eigenvalue weighted by molar-refractivity contribution is -0.146. The van der Waals surface area contributed by atoms with E-state index in [2.05, 4.69) is 5.32 Å². The van der Waals surface area contributed by atoms with Crippen molar-refractivity contribution in [3.63, 3.8) is 0 Å². The number of hydrogen-bond acceptors (Lipinski definition) is 3. The predicted octanol–water partition coefficient (Wildman–Crippen LogP) is 0.804. The van der Waals surface area contributed by atoms with Gasteiger partial charge < -0.3 is 20.4 Å². The molecule has 0 heterocycles. The normalized spacial score (nSPS) is 13.2. The first-order chi connectivity index (χ1) is 8.54. The van der Waals surface area contributed by atoms with Gasteiger partial charge in [-0.1, -0.05) is 0 Å². The van der Waals surface area contributed by atoms with Crippen molar-refractivity contribution in [2.24, 2.45) is 0 Å². The predicted molar refractivity (Wildman–Crippen MR) is 59.6 cm³/mol. The fourth-order valence-electron chi connectivity index (χ4n) is 1.22. The second kappa shape index (κ2) is 7.17. The Morgan fingerprint density at radius 1 is 1.32 bits per heavy atom. The van der Waals surface area contributed by atoms with Crippen LogP contribution in [0.15, 0.2) is 0 Å². The highest BCUT2D eigenvalue weighted by Crippen LogP contribution is 2.18. The molecule has 0 aliphatic rings. The number of halogens is 3. The van der Waals surface area contributed by atoms with E-state index in [4.69, 9.17) is 10.2 Å². The maximum absolute atomic E-state index is 12.2. The van der Waals surface area contributed by atoms with Gasteiger partial charge >= 0.3 is 18.2 Å². The fourth-order valence-corrected chi connectivity index (χ4v) is 1.22. The number of nitrogens with zero attached hydrogens (tertiary/aromatic N) is 1. The van der Waals surface area contributed by atoms with Gasteiger partial charge in [-0.3, -0.25) is 0 Å². The van der Waals surface area contributed by atoms with Gasteiger partial charge in [0.2, 0.25) is 0 Å². The highest BCUT2D eigenvalue weighted by molar-refractivity contribution is 5.75. The van der Waals surface area contributed by atoms with Crippen molar-refractivity contribution < 1.29 is 33.0 Å². The highest BCUT2D eigenvalue weighted by atomic mass is 19.4. The number of aliphatic hydroxyl groups excluding tert-OH is 1. The molecule has 3 N–H and O–H groups in total. The zero-order chi connectivity index (χ0) is 15.2. The summed E-state index contributed by atoms with van der Waals surface area (Å²) in [6.45, 7) is 1.24. The van der Waals surface area contributed by atoms with E-state index in [9.17, 15) is 22.8 Å². The van der Waals surface area contributed by atoms with Crippen molar-refractivity contribution in [1.82, 2.24) is 10.2 Å². The summed E-state index contributed by atoms with van der Waals surface area (Å²) in [6, 6.07) is -1.61. The highest BCUT2D eigenvalue weighted by Gasteiger charge is 2.34. The van der Waals surface area contributed by atoms with Crippen molar-refractivity contribution in [2.75, 3.05) is 13.1 Å². The number of hydrogen-bond donors (Lipinski definition) is 3. The molecular weight excluding hydrogens is 269 g/mol. The van der Waals surface area contributed by atoms with Crippen molar-refractivity contribution in [3.8, 4) is 0 Å². The molecule has 0 rings (SSSR count). The molecule has 0 saturated carbocycles. The lowest BCUT2D eigenvalue weighted by Gasteiger charge is -2.27. The topological polar surface area (TPSA) is 89.9 Å². The molecule has 6 nitrogen and oxygen atoms in total. The zero-order valence-corrected chi connectivity index (χ0v) is 10.6. The summed E-state index contributed by atoms with van der Waals surface area (Å²) in [5, 5.41) is 19.4. The minimum Gasteiger partial charge on any atom is -0.479 e. The number of amides is 2. The van der Waals surface area contributed by atoms with E-state index in [1.54, 1.807) is 0 Å². The summed E-state index contributed by atoms with van der Waals surface area (Å²) in [7, 11) is 0. The Morgan fingerprint density at radius 3 is 2.21 bits per heavy atom. The molecule has 1 atom stereocenters. The largest absolute Gasteiger partial charge is 0.479 e. The Kier molecular flexibility index (Phi) is 6.60. The van der Waals surface area contributed by atoms with Gasteiger partial charge in [0.25, 0.3) is 0 Å². The third kappa shape index (κ3) is 7.50. The van der Waals surface area contributed by atoms with Crippen LogP contribution in [-0.2, 0) is 4.79 Å². The SMILES string of the molecule is CC(C)N(CC(F)(F)F)C(=O)NCCC(O)C(=O)O. The number of urea groups is 1. The lowest BCUT2D eigenvalue weighted by atomic mass is 10.2. The van der Waals surface area contributed by atoms with Gasteiger partial charge in [-0.05, 0) is 13.8 Å². The minimum atomic E-state index is -4.51. The minimum absolute atomic E-state index is 0.229. The molecule has 0 bridgehead atoms. The molecule has 19 heavy (non-hydrogen) atoms. The first-order valence-electron chi connectivity index (χ1n) is 5.56. The number of alkyl halides is 3. The zero-order valence-electron chi connectivity index (χ0n) is 10.6. The molecule has 0 aromatic carbocycles. The van der Waals surface area contributed by atoms with E-state index in [0.29, 0.717) is 4.90 Å². The summed E-state index contributed by atoms with van der Waals surface area (Å²) in [5.74, 6) is -1.45. The van der Waals surface area contributed by atoms with Gasteiger partial charge in [0, 0.05) is 19.0 Å². The summed E-state index contributed by atoms with van der Waals surface area (Å²) in [5.41, 5.74) is 0. The molecule has 0 aromatic heterocycles. The average Bonchev–Trinajstić information content (AvgIpc) is 2.23. The molecule has 0 saturated heterocycles. The second-order valence-electron chi connectivity index (χ2n) is 4.21. The van der Waals surface area contributed by atoms with Gasteiger partial charge in [-0.15, -0.1) is 0 Å². The Hall–Kier alpha value is -1.51. The molecule has 2 amide bonds. The summed E-state index contributed by atoms with van der Waals surface area (Å²) >= 11 is 0. The molecule has 0 fully saturated rings. The number of aliphatic carboxylic acids is 1. The van der Waals surface area contributed by atoms with E-state index < -0.39 is 36.9 Å². The van der Waals surface area contributed by atoms with Crippen molar-refractivity contribution >= 4 is 12.0 Å². The van der Waals surface area contributed by atoms with Gasteiger partial charge in [0.1, 0.15) is 6.54 Å². The van der Waals surface area contributed by atoms with Crippen LogP contribution in [0.2, 0.25) is 0 Å². The molecule has 0 aliphatic heterocycles. The van der Waals surface area contributed by atoms with Crippen LogP contribution in [0.5, 0.6) is 0 Å². The summed E-state index contributed by atoms with van der Waals surface area (Å²) in [4.78, 5) is 22.4. The van der Waals surface area contributed by atoms with E-state index >= 15 is 0 Å². The summed E-state index contributed by atoms with van der Waals surface area (Å²) < 4.78 is 36.7. The van der Waals surface area contributed by atoms with Crippen molar-refractivity contribution in [1.29, 1.82) is 0 Å². The van der Waals surface area contributed by atoms with Crippen molar-refractivity contribution in [2.45, 2.75) is 38.6 Å². The van der Waals surface area contributed by atoms with Gasteiger partial charge in [0.15, 0.2) is 6.10 Å². The molecule has 0 aromatic rings. The lowest BCUT2D eigenvalue weighted by Crippen LogP contribution is -2.48. The maximum Gasteiger partial charge on any atom is 0.406 e. The van der Waals surface area contributed by atoms with Crippen LogP contribution < -0.4 is 5.32 Å². The smallest absolute Gasteiger partial charge is 0.406 e. The molecule has 0 radical (unpaired) electrons. The molecular formula is C10H17F3N2O4. The number of carbonyl (C=O) groups excluding carboxylic acids is 1. The van der Waals surface area contributed by atoms with Crippen LogP contribution in [0, 0.1) is 0 Å². The van der Waals surface area contributed by atoms with E-state index in [1.807, 2.05) is 0 Å². The first-order valence-corrected chi connectivity index (χ1v) is 5.56. The van der Waals surface area contributed by atoms with Crippen LogP contribution >= 0.6 is 0 Å². The Bertz CT molecular complexity index is 320. The average molecular weight is 286 g/mol. The van der Waals surface area contributed by atoms with E-state index in [1.165, 1.54) is 13.8 Å². The molecule has 1 unspecified atom stereocenters. The van der Waals surface area contributed by atoms with Crippen LogP contribution in [0.4, 0.5) is 18.0 Å². The van der Waals surface area contributed by atoms with Gasteiger partial charge in [-0.25, -0.2) is 9.59 Å². The Morgan fingerprint density at radius 2 is 1.84 bits per heavy atom. The quantitative estimate of drug-likeness (QED) is 0.674. The van der Waals surface area contributed by atoms with E-state index in [0.717, 1.165) is 0 Å². The third-order valence-electron chi connectivity index (χ3n) is 2.21. The van der Waals surface area contributed by atoms with Crippen LogP contribution in [0.3, 0.4) is 0 Å². The summed E-state index contributed by atoms with van der Waals surface area (Å²) in [6.07, 6.45) is -6.45. The third-order valence-corrected chi connectivity index (χ3v) is 2.21. The number of carboxylic acid groups (broad SMARTS) is 1. The number of carboxylic acids is 1. The van der Waals surface area contributed by atoms with Gasteiger partial charge in [0.05, 0.1) is 0 Å². The van der Waals surface area contributed by atoms with E-state index in [-0.39, 0.29) is 13.0 Å². The fraction of sp³-hybridized carbons (Fsp3) is 0.800. The molecule has 112 valence electrons. The number of rotatable bonds is 6. The molecule has 0 spiro atoms. The van der Waals surface area contributed by atoms with Crippen molar-refractivity contribution in [3.05, 3.63) is 0 Å². The first kappa shape index (κ1) is 17.5. The number of aliphatic hydroxyl groups is 1. The maximum atomic E-state index is 12.2. The molecule has 0 aliphatic carbocycles. The Balaban J connectivity index is 4.31. The number of carbonyl (C=O) groups is 2. The van der Waals surface area contributed by atoms with Crippen LogP contribution in [0.25, 0.3) is 0 Å². The standard InChI is InChI=1S/C10H17F3N2O4/c1-6(2)15(5-10(11,12)13)9(19)14-4-3-7(16)8(17)18/h6-7,16H,3-5H2,1-2H3,(H,14,19)(H,17,18). The van der Waals surface area contributed by atoms with Crippen LogP contribution in [-0.4, -0.2) is 58.5 Å². The Labute approximate surface area is 108 Å². The monoisotopic (exact) mass is 286 g/mol. The number of nitrogens with one attached hydrogen (secondary N) is 1. The van der Waals surface area contributed by atoms with Crippen LogP contribution in [0.1, 0.15) is 20.3 Å². The van der Waals surface area contributed by atoms with Gasteiger partial charge in [-0.2, -0.15) is 13.2 Å². The molecule has 9 heteroatoms. The second-order valence-corrected chi connectivity index (χ2v) is 4.21.